The van der Waals surface area contributed by atoms with Crippen molar-refractivity contribution in [1.82, 2.24) is 4.90 Å². The third-order valence-corrected chi connectivity index (χ3v) is 5.60. The lowest BCUT2D eigenvalue weighted by Crippen LogP contribution is -2.46. The number of methoxy groups -OCH3 is 1. The van der Waals surface area contributed by atoms with E-state index in [1.165, 1.54) is 12.1 Å². The SMILES string of the molecule is COC(=O)C1C[C@H](OCCOS(=O)(=O)c2ccc(C)cc2)C(=O)N1C(=O)OC(C)(C)C. The molecular formula is C20H27NO9S. The number of likely N-dealkylation sites (tertiary alicyclic amines) is 1. The molecule has 0 spiro atoms. The smallest absolute Gasteiger partial charge is 0.417 e. The first-order chi connectivity index (χ1) is 14.4. The van der Waals surface area contributed by atoms with E-state index in [4.69, 9.17) is 13.7 Å². The molecule has 11 heteroatoms. The molecular weight excluding hydrogens is 430 g/mol. The molecule has 2 atom stereocenters. The fourth-order valence-electron chi connectivity index (χ4n) is 2.83. The van der Waals surface area contributed by atoms with E-state index in [1.807, 2.05) is 6.92 Å². The van der Waals surface area contributed by atoms with Gasteiger partial charge in [-0.2, -0.15) is 8.42 Å². The van der Waals surface area contributed by atoms with Crippen LogP contribution >= 0.6 is 0 Å². The van der Waals surface area contributed by atoms with Crippen molar-refractivity contribution in [3.63, 3.8) is 0 Å². The van der Waals surface area contributed by atoms with Crippen LogP contribution in [0.3, 0.4) is 0 Å². The number of amides is 2. The van der Waals surface area contributed by atoms with Gasteiger partial charge in [0.05, 0.1) is 25.2 Å². The van der Waals surface area contributed by atoms with Gasteiger partial charge in [-0.05, 0) is 39.8 Å². The molecule has 2 rings (SSSR count). The van der Waals surface area contributed by atoms with E-state index in [1.54, 1.807) is 32.9 Å². The third-order valence-electron chi connectivity index (χ3n) is 4.28. The number of rotatable bonds is 7. The predicted molar refractivity (Wildman–Crippen MR) is 108 cm³/mol. The Morgan fingerprint density at radius 2 is 1.74 bits per heavy atom. The van der Waals surface area contributed by atoms with E-state index in [0.717, 1.165) is 12.7 Å². The van der Waals surface area contributed by atoms with Gasteiger partial charge >= 0.3 is 12.1 Å². The zero-order valence-corrected chi connectivity index (χ0v) is 18.9. The van der Waals surface area contributed by atoms with Crippen molar-refractivity contribution in [2.45, 2.75) is 56.8 Å². The molecule has 1 aliphatic heterocycles. The molecule has 1 fully saturated rings. The topological polar surface area (TPSA) is 126 Å². The van der Waals surface area contributed by atoms with Crippen LogP contribution in [0.5, 0.6) is 0 Å². The van der Waals surface area contributed by atoms with Crippen molar-refractivity contribution in [2.24, 2.45) is 0 Å². The van der Waals surface area contributed by atoms with Gasteiger partial charge in [0.2, 0.25) is 0 Å². The van der Waals surface area contributed by atoms with E-state index in [9.17, 15) is 22.8 Å². The first-order valence-electron chi connectivity index (χ1n) is 9.57. The molecule has 0 bridgehead atoms. The van der Waals surface area contributed by atoms with Crippen molar-refractivity contribution in [3.05, 3.63) is 29.8 Å². The standard InChI is InChI=1S/C20H27NO9S/c1-13-6-8-14(9-7-13)31(25,26)29-11-10-28-16-12-15(18(23)27-5)21(17(16)22)19(24)30-20(2,3)4/h6-9,15-16H,10-12H2,1-5H3/t15?,16-/m0/s1. The molecule has 1 aliphatic rings. The Morgan fingerprint density at radius 3 is 2.29 bits per heavy atom. The largest absolute Gasteiger partial charge is 0.467 e. The molecule has 10 nitrogen and oxygen atoms in total. The predicted octanol–water partition coefficient (Wildman–Crippen LogP) is 1.79. The van der Waals surface area contributed by atoms with Crippen LogP contribution in [0, 0.1) is 6.92 Å². The Hall–Kier alpha value is -2.50. The molecule has 0 aliphatic carbocycles. The maximum atomic E-state index is 12.6. The van der Waals surface area contributed by atoms with Gasteiger partial charge in [-0.25, -0.2) is 14.5 Å². The highest BCUT2D eigenvalue weighted by atomic mass is 32.2. The van der Waals surface area contributed by atoms with E-state index < -0.39 is 45.8 Å². The Morgan fingerprint density at radius 1 is 1.13 bits per heavy atom. The summed E-state index contributed by atoms with van der Waals surface area (Å²) < 4.78 is 44.6. The molecule has 0 radical (unpaired) electrons. The number of imide groups is 1. The Labute approximate surface area is 181 Å². The van der Waals surface area contributed by atoms with Crippen LogP contribution in [-0.2, 0) is 38.1 Å². The van der Waals surface area contributed by atoms with Crippen molar-refractivity contribution in [2.75, 3.05) is 20.3 Å². The van der Waals surface area contributed by atoms with Gasteiger partial charge in [-0.15, -0.1) is 0 Å². The number of carbonyl (C=O) groups is 3. The van der Waals surface area contributed by atoms with Crippen molar-refractivity contribution in [3.8, 4) is 0 Å². The molecule has 172 valence electrons. The summed E-state index contributed by atoms with van der Waals surface area (Å²) >= 11 is 0. The molecule has 0 N–H and O–H groups in total. The van der Waals surface area contributed by atoms with Crippen molar-refractivity contribution in [1.29, 1.82) is 0 Å². The molecule has 2 amide bonds. The summed E-state index contributed by atoms with van der Waals surface area (Å²) in [5.74, 6) is -1.56. The van der Waals surface area contributed by atoms with Gasteiger partial charge in [0.15, 0.2) is 0 Å². The van der Waals surface area contributed by atoms with E-state index in [2.05, 4.69) is 4.74 Å². The summed E-state index contributed by atoms with van der Waals surface area (Å²) in [6.07, 6.45) is -2.28. The Kier molecular flexibility index (Phi) is 7.79. The van der Waals surface area contributed by atoms with Crippen LogP contribution in [0.4, 0.5) is 4.79 Å². The second-order valence-corrected chi connectivity index (χ2v) is 9.53. The van der Waals surface area contributed by atoms with E-state index in [0.29, 0.717) is 4.90 Å². The maximum absolute atomic E-state index is 12.6. The number of hydrogen-bond acceptors (Lipinski definition) is 9. The second kappa shape index (κ2) is 9.75. The molecule has 31 heavy (non-hydrogen) atoms. The van der Waals surface area contributed by atoms with Gasteiger partial charge in [-0.1, -0.05) is 17.7 Å². The number of esters is 1. The lowest BCUT2D eigenvalue weighted by Gasteiger charge is -2.26. The molecule has 0 aromatic heterocycles. The minimum atomic E-state index is -3.98. The fraction of sp³-hybridized carbons (Fsp3) is 0.550. The summed E-state index contributed by atoms with van der Waals surface area (Å²) in [5, 5.41) is 0. The lowest BCUT2D eigenvalue weighted by molar-refractivity contribution is -0.149. The van der Waals surface area contributed by atoms with E-state index >= 15 is 0 Å². The van der Waals surface area contributed by atoms with Crippen LogP contribution < -0.4 is 0 Å². The molecule has 0 saturated carbocycles. The van der Waals surface area contributed by atoms with Crippen molar-refractivity contribution >= 4 is 28.1 Å². The van der Waals surface area contributed by atoms with Crippen LogP contribution in [0.15, 0.2) is 29.2 Å². The summed E-state index contributed by atoms with van der Waals surface area (Å²) in [5.41, 5.74) is 0.0199. The molecule has 1 unspecified atom stereocenters. The van der Waals surface area contributed by atoms with Crippen LogP contribution in [0.25, 0.3) is 0 Å². The first-order valence-corrected chi connectivity index (χ1v) is 11.0. The molecule has 1 aromatic carbocycles. The fourth-order valence-corrected chi connectivity index (χ4v) is 3.72. The summed E-state index contributed by atoms with van der Waals surface area (Å²) in [6.45, 7) is 6.09. The molecule has 1 heterocycles. The van der Waals surface area contributed by atoms with Crippen LogP contribution in [0.1, 0.15) is 32.8 Å². The summed E-state index contributed by atoms with van der Waals surface area (Å²) in [4.78, 5) is 37.8. The quantitative estimate of drug-likeness (QED) is 0.342. The average molecular weight is 458 g/mol. The van der Waals surface area contributed by atoms with Gasteiger partial charge in [0.1, 0.15) is 17.7 Å². The minimum Gasteiger partial charge on any atom is -0.467 e. The average Bonchev–Trinajstić information content (AvgIpc) is 3.00. The number of ether oxygens (including phenoxy) is 3. The van der Waals surface area contributed by atoms with E-state index in [-0.39, 0.29) is 24.5 Å². The van der Waals surface area contributed by atoms with Crippen LogP contribution in [-0.4, -0.2) is 69.4 Å². The second-order valence-electron chi connectivity index (χ2n) is 7.91. The molecule has 1 saturated heterocycles. The van der Waals surface area contributed by atoms with Crippen LogP contribution in [0.2, 0.25) is 0 Å². The lowest BCUT2D eigenvalue weighted by atomic mass is 10.2. The highest BCUT2D eigenvalue weighted by Crippen LogP contribution is 2.25. The zero-order chi connectivity index (χ0) is 23.4. The molecule has 1 aromatic rings. The number of aryl methyl sites for hydroxylation is 1. The normalized spacial score (nSPS) is 19.4. The number of benzene rings is 1. The maximum Gasteiger partial charge on any atom is 0.417 e. The zero-order valence-electron chi connectivity index (χ0n) is 18.1. The third kappa shape index (κ3) is 6.49. The minimum absolute atomic E-state index is 0.00287. The summed E-state index contributed by atoms with van der Waals surface area (Å²) in [6, 6.07) is 4.93. The number of carbonyl (C=O) groups excluding carboxylic acids is 3. The number of nitrogens with zero attached hydrogens (tertiary/aromatic N) is 1. The van der Waals surface area contributed by atoms with Crippen molar-refractivity contribution < 1.29 is 41.2 Å². The van der Waals surface area contributed by atoms with Gasteiger partial charge in [0, 0.05) is 6.42 Å². The highest BCUT2D eigenvalue weighted by molar-refractivity contribution is 7.86. The Balaban J connectivity index is 1.98. The van der Waals surface area contributed by atoms with Gasteiger partial charge in [0.25, 0.3) is 16.0 Å². The monoisotopic (exact) mass is 457 g/mol. The van der Waals surface area contributed by atoms with Gasteiger partial charge in [-0.3, -0.25) is 8.98 Å². The first kappa shape index (κ1) is 24.8. The van der Waals surface area contributed by atoms with Gasteiger partial charge < -0.3 is 14.2 Å². The number of hydrogen-bond donors (Lipinski definition) is 0. The Bertz CT molecular complexity index is 919. The summed E-state index contributed by atoms with van der Waals surface area (Å²) in [7, 11) is -2.85. The highest BCUT2D eigenvalue weighted by Gasteiger charge is 2.49.